The first-order chi connectivity index (χ1) is 10.9. The number of nitrogens with one attached hydrogen (secondary N) is 1. The largest absolute Gasteiger partial charge is 0.350 e. The van der Waals surface area contributed by atoms with E-state index in [1.54, 1.807) is 26.2 Å². The molecule has 0 aliphatic carbocycles. The van der Waals surface area contributed by atoms with Crippen molar-refractivity contribution < 1.29 is 18.0 Å². The van der Waals surface area contributed by atoms with Gasteiger partial charge >= 0.3 is 0 Å². The van der Waals surface area contributed by atoms with Crippen LogP contribution in [0.4, 0.5) is 13.2 Å². The van der Waals surface area contributed by atoms with Gasteiger partial charge in [0.2, 0.25) is 0 Å². The Hall–Kier alpha value is -2.34. The third-order valence-corrected chi connectivity index (χ3v) is 3.49. The normalized spacial score (nSPS) is 12.3. The predicted octanol–water partition coefficient (Wildman–Crippen LogP) is 3.14. The van der Waals surface area contributed by atoms with E-state index in [0.717, 1.165) is 12.1 Å². The maximum atomic E-state index is 13.4. The topological polar surface area (TPSA) is 32.3 Å². The molecule has 0 saturated carbocycles. The molecule has 122 valence electrons. The van der Waals surface area contributed by atoms with Gasteiger partial charge in [0.25, 0.3) is 5.91 Å². The van der Waals surface area contributed by atoms with E-state index in [1.165, 1.54) is 18.2 Å². The highest BCUT2D eigenvalue weighted by atomic mass is 19.2. The Morgan fingerprint density at radius 3 is 2.43 bits per heavy atom. The van der Waals surface area contributed by atoms with Crippen LogP contribution in [0.5, 0.6) is 0 Å². The fourth-order valence-corrected chi connectivity index (χ4v) is 2.24. The number of likely N-dealkylation sites (N-methyl/N-ethyl adjacent to an activating group) is 1. The molecule has 0 fully saturated rings. The number of rotatable bonds is 5. The summed E-state index contributed by atoms with van der Waals surface area (Å²) in [5.41, 5.74) is 0.737. The number of amides is 1. The Bertz CT molecular complexity index is 704. The minimum absolute atomic E-state index is 0.0284. The average Bonchev–Trinajstić information content (AvgIpc) is 2.49. The second kappa shape index (κ2) is 7.28. The van der Waals surface area contributed by atoms with Crippen molar-refractivity contribution >= 4 is 5.91 Å². The standard InChI is InChI=1S/C17H17F3N2O/c1-22(2)16(11-4-3-5-13(18)8-11)10-21-17(23)12-6-7-14(19)15(20)9-12/h3-9,16H,10H2,1-2H3,(H,21,23). The Labute approximate surface area is 132 Å². The average molecular weight is 322 g/mol. The van der Waals surface area contributed by atoms with Crippen LogP contribution in [0.2, 0.25) is 0 Å². The highest BCUT2D eigenvalue weighted by Crippen LogP contribution is 2.18. The van der Waals surface area contributed by atoms with Crippen molar-refractivity contribution in [2.24, 2.45) is 0 Å². The molecule has 2 rings (SSSR count). The molecule has 0 aromatic heterocycles. The zero-order valence-corrected chi connectivity index (χ0v) is 12.8. The lowest BCUT2D eigenvalue weighted by Crippen LogP contribution is -2.34. The number of carbonyl (C=O) groups excluding carboxylic acids is 1. The van der Waals surface area contributed by atoms with Crippen molar-refractivity contribution in [3.63, 3.8) is 0 Å². The molecule has 0 bridgehead atoms. The van der Waals surface area contributed by atoms with E-state index in [1.807, 2.05) is 4.90 Å². The van der Waals surface area contributed by atoms with Gasteiger partial charge in [0.15, 0.2) is 11.6 Å². The molecule has 0 radical (unpaired) electrons. The van der Waals surface area contributed by atoms with Crippen molar-refractivity contribution in [3.8, 4) is 0 Å². The van der Waals surface area contributed by atoms with Gasteiger partial charge in [-0.1, -0.05) is 12.1 Å². The minimum atomic E-state index is -1.08. The summed E-state index contributed by atoms with van der Waals surface area (Å²) >= 11 is 0. The summed E-state index contributed by atoms with van der Waals surface area (Å²) in [5, 5.41) is 2.65. The quantitative estimate of drug-likeness (QED) is 0.917. The molecule has 2 aromatic rings. The summed E-state index contributed by atoms with van der Waals surface area (Å²) in [6, 6.07) is 8.80. The monoisotopic (exact) mass is 322 g/mol. The molecule has 2 aromatic carbocycles. The number of carbonyl (C=O) groups is 1. The van der Waals surface area contributed by atoms with Crippen molar-refractivity contribution in [1.82, 2.24) is 10.2 Å². The summed E-state index contributed by atoms with van der Waals surface area (Å²) in [4.78, 5) is 13.9. The van der Waals surface area contributed by atoms with E-state index in [-0.39, 0.29) is 24.0 Å². The summed E-state index contributed by atoms with van der Waals surface area (Å²) in [6.45, 7) is 0.203. The van der Waals surface area contributed by atoms with Gasteiger partial charge in [0.05, 0.1) is 6.04 Å². The molecule has 1 atom stereocenters. The zero-order valence-electron chi connectivity index (χ0n) is 12.8. The van der Waals surface area contributed by atoms with Gasteiger partial charge in [-0.15, -0.1) is 0 Å². The Morgan fingerprint density at radius 1 is 1.09 bits per heavy atom. The molecule has 0 saturated heterocycles. The summed E-state index contributed by atoms with van der Waals surface area (Å²) in [5.74, 6) is -2.96. The first kappa shape index (κ1) is 17.0. The van der Waals surface area contributed by atoms with E-state index in [0.29, 0.717) is 5.56 Å². The van der Waals surface area contributed by atoms with E-state index >= 15 is 0 Å². The Morgan fingerprint density at radius 2 is 1.83 bits per heavy atom. The van der Waals surface area contributed by atoms with Gasteiger partial charge in [-0.3, -0.25) is 4.79 Å². The maximum absolute atomic E-state index is 13.4. The smallest absolute Gasteiger partial charge is 0.251 e. The van der Waals surface area contributed by atoms with Gasteiger partial charge in [-0.25, -0.2) is 13.2 Å². The third-order valence-electron chi connectivity index (χ3n) is 3.49. The summed E-state index contributed by atoms with van der Waals surface area (Å²) in [6.07, 6.45) is 0. The van der Waals surface area contributed by atoms with E-state index in [2.05, 4.69) is 5.32 Å². The van der Waals surface area contributed by atoms with Gasteiger partial charge in [0.1, 0.15) is 5.82 Å². The Balaban J connectivity index is 2.09. The van der Waals surface area contributed by atoms with Crippen molar-refractivity contribution in [1.29, 1.82) is 0 Å². The second-order valence-corrected chi connectivity index (χ2v) is 5.37. The molecule has 0 heterocycles. The molecule has 6 heteroatoms. The fraction of sp³-hybridized carbons (Fsp3) is 0.235. The maximum Gasteiger partial charge on any atom is 0.251 e. The van der Waals surface area contributed by atoms with Crippen LogP contribution in [0.15, 0.2) is 42.5 Å². The molecular weight excluding hydrogens is 305 g/mol. The number of nitrogens with zero attached hydrogens (tertiary/aromatic N) is 1. The SMILES string of the molecule is CN(C)C(CNC(=O)c1ccc(F)c(F)c1)c1cccc(F)c1. The van der Waals surface area contributed by atoms with Crippen LogP contribution in [-0.2, 0) is 0 Å². The first-order valence-electron chi connectivity index (χ1n) is 7.03. The first-order valence-corrected chi connectivity index (χ1v) is 7.03. The lowest BCUT2D eigenvalue weighted by atomic mass is 10.1. The van der Waals surface area contributed by atoms with Crippen molar-refractivity contribution in [2.45, 2.75) is 6.04 Å². The van der Waals surface area contributed by atoms with Gasteiger partial charge < -0.3 is 10.2 Å². The van der Waals surface area contributed by atoms with Crippen molar-refractivity contribution in [2.75, 3.05) is 20.6 Å². The summed E-state index contributed by atoms with van der Waals surface area (Å²) < 4.78 is 39.4. The third kappa shape index (κ3) is 4.32. The van der Waals surface area contributed by atoms with Crippen molar-refractivity contribution in [3.05, 3.63) is 71.0 Å². The number of hydrogen-bond donors (Lipinski definition) is 1. The summed E-state index contributed by atoms with van der Waals surface area (Å²) in [7, 11) is 3.61. The predicted molar refractivity (Wildman–Crippen MR) is 81.5 cm³/mol. The van der Waals surface area contributed by atoms with E-state index < -0.39 is 17.5 Å². The number of hydrogen-bond acceptors (Lipinski definition) is 2. The molecule has 0 spiro atoms. The highest BCUT2D eigenvalue weighted by Gasteiger charge is 2.17. The van der Waals surface area contributed by atoms with Crippen LogP contribution in [-0.4, -0.2) is 31.4 Å². The van der Waals surface area contributed by atoms with Crippen LogP contribution >= 0.6 is 0 Å². The minimum Gasteiger partial charge on any atom is -0.350 e. The molecule has 1 unspecified atom stereocenters. The number of halogens is 3. The lowest BCUT2D eigenvalue weighted by molar-refractivity contribution is 0.0941. The van der Waals surface area contributed by atoms with Crippen LogP contribution < -0.4 is 5.32 Å². The lowest BCUT2D eigenvalue weighted by Gasteiger charge is -2.25. The Kier molecular flexibility index (Phi) is 5.39. The van der Waals surface area contributed by atoms with E-state index in [9.17, 15) is 18.0 Å². The van der Waals surface area contributed by atoms with Crippen LogP contribution in [0.3, 0.4) is 0 Å². The molecule has 3 nitrogen and oxygen atoms in total. The molecule has 1 amide bonds. The van der Waals surface area contributed by atoms with Gasteiger partial charge in [-0.2, -0.15) is 0 Å². The molecule has 23 heavy (non-hydrogen) atoms. The van der Waals surface area contributed by atoms with Gasteiger partial charge in [0, 0.05) is 12.1 Å². The van der Waals surface area contributed by atoms with Crippen LogP contribution in [0.1, 0.15) is 22.0 Å². The zero-order chi connectivity index (χ0) is 17.0. The highest BCUT2D eigenvalue weighted by molar-refractivity contribution is 5.94. The second-order valence-electron chi connectivity index (χ2n) is 5.37. The van der Waals surface area contributed by atoms with Gasteiger partial charge in [-0.05, 0) is 50.0 Å². The fourth-order valence-electron chi connectivity index (χ4n) is 2.24. The number of benzene rings is 2. The molecular formula is C17H17F3N2O. The van der Waals surface area contributed by atoms with Crippen LogP contribution in [0.25, 0.3) is 0 Å². The molecule has 0 aliphatic rings. The molecule has 0 aliphatic heterocycles. The molecule has 1 N–H and O–H groups in total. The van der Waals surface area contributed by atoms with Crippen LogP contribution in [0, 0.1) is 17.5 Å². The van der Waals surface area contributed by atoms with E-state index in [4.69, 9.17) is 0 Å².